The van der Waals surface area contributed by atoms with Crippen molar-refractivity contribution in [1.29, 1.82) is 0 Å². The molecule has 2 heterocycles. The van der Waals surface area contributed by atoms with Crippen molar-refractivity contribution in [1.82, 2.24) is 15.0 Å². The van der Waals surface area contributed by atoms with Crippen LogP contribution in [0.1, 0.15) is 25.2 Å². The van der Waals surface area contributed by atoms with Crippen molar-refractivity contribution in [2.75, 3.05) is 19.6 Å². The Balaban J connectivity index is 1.58. The van der Waals surface area contributed by atoms with Gasteiger partial charge in [-0.1, -0.05) is 28.4 Å². The number of likely N-dealkylation sites (tertiary alicyclic amines) is 1. The highest BCUT2D eigenvalue weighted by molar-refractivity contribution is 6.42. The predicted octanol–water partition coefficient (Wildman–Crippen LogP) is 4.07. The number of nitrogens with zero attached hydrogens (tertiary/aromatic N) is 3. The zero-order chi connectivity index (χ0) is 14.7. The minimum atomic E-state index is 0.495. The zero-order valence-electron chi connectivity index (χ0n) is 11.7. The zero-order valence-corrected chi connectivity index (χ0v) is 13.2. The van der Waals surface area contributed by atoms with Crippen LogP contribution >= 0.6 is 23.2 Å². The van der Waals surface area contributed by atoms with Gasteiger partial charge in [0.15, 0.2) is 0 Å². The summed E-state index contributed by atoms with van der Waals surface area (Å²) in [6.07, 6.45) is 4.50. The predicted molar refractivity (Wildman–Crippen MR) is 83.7 cm³/mol. The van der Waals surface area contributed by atoms with E-state index in [9.17, 15) is 0 Å². The molecule has 4 nitrogen and oxygen atoms in total. The van der Waals surface area contributed by atoms with Crippen molar-refractivity contribution in [2.24, 2.45) is 0 Å². The molecule has 1 aliphatic rings. The maximum absolute atomic E-state index is 6.00. The summed E-state index contributed by atoms with van der Waals surface area (Å²) in [7, 11) is 0. The molecule has 0 spiro atoms. The van der Waals surface area contributed by atoms with Crippen molar-refractivity contribution in [3.8, 4) is 11.4 Å². The average molecular weight is 326 g/mol. The first kappa shape index (κ1) is 14.8. The summed E-state index contributed by atoms with van der Waals surface area (Å²) in [4.78, 5) is 6.90. The topological polar surface area (TPSA) is 42.2 Å². The summed E-state index contributed by atoms with van der Waals surface area (Å²) in [5.41, 5.74) is 0.818. The summed E-state index contributed by atoms with van der Waals surface area (Å²) < 4.78 is 5.30. The summed E-state index contributed by atoms with van der Waals surface area (Å²) >= 11 is 11.9. The SMILES string of the molecule is Clc1ccc(-c2noc(CCCN3CCCC3)n2)cc1Cl. The van der Waals surface area contributed by atoms with Gasteiger partial charge in [0.25, 0.3) is 0 Å². The van der Waals surface area contributed by atoms with E-state index in [1.165, 1.54) is 25.9 Å². The fourth-order valence-electron chi connectivity index (χ4n) is 2.57. The van der Waals surface area contributed by atoms with Crippen molar-refractivity contribution in [3.05, 3.63) is 34.1 Å². The van der Waals surface area contributed by atoms with E-state index in [1.54, 1.807) is 12.1 Å². The Kier molecular flexibility index (Phi) is 4.78. The Hall–Kier alpha value is -1.10. The van der Waals surface area contributed by atoms with Crippen LogP contribution in [0.5, 0.6) is 0 Å². The van der Waals surface area contributed by atoms with E-state index in [2.05, 4.69) is 15.0 Å². The van der Waals surface area contributed by atoms with Gasteiger partial charge >= 0.3 is 0 Å². The third-order valence-corrected chi connectivity index (χ3v) is 4.45. The molecule has 0 atom stereocenters. The Morgan fingerprint density at radius 2 is 1.95 bits per heavy atom. The molecule has 1 aromatic heterocycles. The van der Waals surface area contributed by atoms with Crippen molar-refractivity contribution >= 4 is 23.2 Å². The van der Waals surface area contributed by atoms with Crippen LogP contribution in [0.15, 0.2) is 22.7 Å². The molecule has 0 amide bonds. The van der Waals surface area contributed by atoms with Crippen molar-refractivity contribution in [2.45, 2.75) is 25.7 Å². The smallest absolute Gasteiger partial charge is 0.227 e. The van der Waals surface area contributed by atoms with Gasteiger partial charge in [0.2, 0.25) is 11.7 Å². The van der Waals surface area contributed by atoms with Gasteiger partial charge in [-0.3, -0.25) is 0 Å². The molecule has 0 aliphatic carbocycles. The lowest BCUT2D eigenvalue weighted by molar-refractivity contribution is 0.319. The van der Waals surface area contributed by atoms with E-state index < -0.39 is 0 Å². The molecule has 0 radical (unpaired) electrons. The number of rotatable bonds is 5. The lowest BCUT2D eigenvalue weighted by atomic mass is 10.2. The van der Waals surface area contributed by atoms with Gasteiger partial charge in [-0.05, 0) is 57.1 Å². The molecular weight excluding hydrogens is 309 g/mol. The molecule has 0 N–H and O–H groups in total. The monoisotopic (exact) mass is 325 g/mol. The van der Waals surface area contributed by atoms with Gasteiger partial charge in [-0.25, -0.2) is 0 Å². The number of aromatic nitrogens is 2. The standard InChI is InChI=1S/C15H17Cl2N3O/c16-12-6-5-11(10-13(12)17)15-18-14(21-19-15)4-3-9-20-7-1-2-8-20/h5-6,10H,1-4,7-9H2. The highest BCUT2D eigenvalue weighted by Crippen LogP contribution is 2.27. The number of aryl methyl sites for hydroxylation is 1. The molecule has 1 saturated heterocycles. The largest absolute Gasteiger partial charge is 0.339 e. The number of hydrogen-bond donors (Lipinski definition) is 0. The minimum absolute atomic E-state index is 0.495. The summed E-state index contributed by atoms with van der Waals surface area (Å²) in [5, 5.41) is 5.02. The van der Waals surface area contributed by atoms with E-state index in [1.807, 2.05) is 6.07 Å². The van der Waals surface area contributed by atoms with Gasteiger partial charge in [0, 0.05) is 12.0 Å². The van der Waals surface area contributed by atoms with Crippen LogP contribution in [0.2, 0.25) is 10.0 Å². The quantitative estimate of drug-likeness (QED) is 0.830. The Morgan fingerprint density at radius 3 is 2.71 bits per heavy atom. The van der Waals surface area contributed by atoms with Gasteiger partial charge in [-0.15, -0.1) is 0 Å². The van der Waals surface area contributed by atoms with Crippen LogP contribution in [0, 0.1) is 0 Å². The second kappa shape index (κ2) is 6.77. The molecule has 1 aromatic carbocycles. The molecule has 0 bridgehead atoms. The number of hydrogen-bond acceptors (Lipinski definition) is 4. The van der Waals surface area contributed by atoms with Crippen molar-refractivity contribution < 1.29 is 4.52 Å². The molecule has 1 aliphatic heterocycles. The Morgan fingerprint density at radius 1 is 1.14 bits per heavy atom. The average Bonchev–Trinajstić information content (AvgIpc) is 3.13. The molecule has 1 fully saturated rings. The molecule has 3 rings (SSSR count). The molecule has 6 heteroatoms. The second-order valence-electron chi connectivity index (χ2n) is 5.29. The second-order valence-corrected chi connectivity index (χ2v) is 6.11. The molecule has 2 aromatic rings. The summed E-state index contributed by atoms with van der Waals surface area (Å²) in [6.45, 7) is 3.54. The first-order chi connectivity index (χ1) is 10.2. The normalized spacial score (nSPS) is 15.7. The van der Waals surface area contributed by atoms with Crippen LogP contribution in [0.4, 0.5) is 0 Å². The Labute approximate surface area is 134 Å². The molecule has 0 saturated carbocycles. The molecule has 21 heavy (non-hydrogen) atoms. The fraction of sp³-hybridized carbons (Fsp3) is 0.467. The lowest BCUT2D eigenvalue weighted by Gasteiger charge is -2.12. The lowest BCUT2D eigenvalue weighted by Crippen LogP contribution is -2.20. The van der Waals surface area contributed by atoms with E-state index in [0.717, 1.165) is 24.9 Å². The minimum Gasteiger partial charge on any atom is -0.339 e. The summed E-state index contributed by atoms with van der Waals surface area (Å²) in [5.74, 6) is 1.24. The number of benzene rings is 1. The van der Waals surface area contributed by atoms with Gasteiger partial charge < -0.3 is 9.42 Å². The molecular formula is C15H17Cl2N3O. The highest BCUT2D eigenvalue weighted by atomic mass is 35.5. The molecule has 112 valence electrons. The number of halogens is 2. The highest BCUT2D eigenvalue weighted by Gasteiger charge is 2.13. The van der Waals surface area contributed by atoms with Gasteiger partial charge in [-0.2, -0.15) is 4.98 Å². The van der Waals surface area contributed by atoms with E-state index in [4.69, 9.17) is 27.7 Å². The van der Waals surface area contributed by atoms with Crippen LogP contribution in [0.3, 0.4) is 0 Å². The van der Waals surface area contributed by atoms with Gasteiger partial charge in [0.1, 0.15) is 0 Å². The first-order valence-electron chi connectivity index (χ1n) is 7.23. The van der Waals surface area contributed by atoms with Crippen LogP contribution in [-0.4, -0.2) is 34.7 Å². The van der Waals surface area contributed by atoms with E-state index in [0.29, 0.717) is 21.8 Å². The van der Waals surface area contributed by atoms with Crippen LogP contribution in [0.25, 0.3) is 11.4 Å². The Bertz CT molecular complexity index is 609. The van der Waals surface area contributed by atoms with E-state index in [-0.39, 0.29) is 0 Å². The third kappa shape index (κ3) is 3.76. The maximum atomic E-state index is 6.00. The van der Waals surface area contributed by atoms with Crippen molar-refractivity contribution in [3.63, 3.8) is 0 Å². The fourth-order valence-corrected chi connectivity index (χ4v) is 2.87. The maximum Gasteiger partial charge on any atom is 0.227 e. The van der Waals surface area contributed by atoms with E-state index >= 15 is 0 Å². The summed E-state index contributed by atoms with van der Waals surface area (Å²) in [6, 6.07) is 5.33. The van der Waals surface area contributed by atoms with Gasteiger partial charge in [0.05, 0.1) is 10.0 Å². The third-order valence-electron chi connectivity index (χ3n) is 3.71. The first-order valence-corrected chi connectivity index (χ1v) is 7.98. The van der Waals surface area contributed by atoms with Crippen LogP contribution < -0.4 is 0 Å². The molecule has 0 unspecified atom stereocenters. The van der Waals surface area contributed by atoms with Crippen LogP contribution in [-0.2, 0) is 6.42 Å².